The van der Waals surface area contributed by atoms with Gasteiger partial charge in [-0.1, -0.05) is 6.92 Å². The lowest BCUT2D eigenvalue weighted by Gasteiger charge is -2.21. The maximum absolute atomic E-state index is 13.5. The summed E-state index contributed by atoms with van der Waals surface area (Å²) in [4.78, 5) is 34.5. The molecule has 0 fully saturated rings. The number of nitro groups is 1. The van der Waals surface area contributed by atoms with Crippen LogP contribution < -0.4 is 5.32 Å². The Morgan fingerprint density at radius 3 is 2.57 bits per heavy atom. The number of rotatable bonds is 6. The van der Waals surface area contributed by atoms with Gasteiger partial charge in [0.2, 0.25) is 11.7 Å². The van der Waals surface area contributed by atoms with Gasteiger partial charge in [0.05, 0.1) is 11.5 Å². The van der Waals surface area contributed by atoms with Gasteiger partial charge in [-0.05, 0) is 18.6 Å². The van der Waals surface area contributed by atoms with Crippen LogP contribution in [0, 0.1) is 15.9 Å². The Bertz CT molecular complexity index is 562. The van der Waals surface area contributed by atoms with Crippen LogP contribution in [0.25, 0.3) is 0 Å². The molecule has 0 aromatic heterocycles. The molecule has 8 heteroatoms. The summed E-state index contributed by atoms with van der Waals surface area (Å²) in [7, 11) is 1.45. The van der Waals surface area contributed by atoms with Crippen molar-refractivity contribution < 1.29 is 18.9 Å². The highest BCUT2D eigenvalue weighted by atomic mass is 19.1. The fourth-order valence-corrected chi connectivity index (χ4v) is 1.75. The zero-order valence-corrected chi connectivity index (χ0v) is 11.8. The summed E-state index contributed by atoms with van der Waals surface area (Å²) in [6.45, 7) is 2.01. The van der Waals surface area contributed by atoms with Gasteiger partial charge in [-0.3, -0.25) is 19.7 Å². The van der Waals surface area contributed by atoms with Crippen LogP contribution in [-0.4, -0.2) is 41.8 Å². The van der Waals surface area contributed by atoms with Gasteiger partial charge in [0.15, 0.2) is 0 Å². The van der Waals surface area contributed by atoms with E-state index in [0.717, 1.165) is 12.1 Å². The van der Waals surface area contributed by atoms with Crippen LogP contribution in [0.4, 0.5) is 10.1 Å². The third kappa shape index (κ3) is 4.23. The number of nitrogens with zero attached hydrogens (tertiary/aromatic N) is 2. The highest BCUT2D eigenvalue weighted by Gasteiger charge is 2.21. The van der Waals surface area contributed by atoms with Crippen molar-refractivity contribution in [1.82, 2.24) is 10.2 Å². The number of carbonyl (C=O) groups is 2. The normalized spacial score (nSPS) is 10.0. The number of likely N-dealkylation sites (N-methyl/N-ethyl adjacent to an activating group) is 1. The van der Waals surface area contributed by atoms with Crippen molar-refractivity contribution in [1.29, 1.82) is 0 Å². The summed E-state index contributed by atoms with van der Waals surface area (Å²) in [6.07, 6.45) is 0.623. The lowest BCUT2D eigenvalue weighted by atomic mass is 10.1. The first-order valence-corrected chi connectivity index (χ1v) is 6.34. The van der Waals surface area contributed by atoms with Gasteiger partial charge in [-0.2, -0.15) is 4.39 Å². The van der Waals surface area contributed by atoms with E-state index in [0.29, 0.717) is 13.0 Å². The van der Waals surface area contributed by atoms with Gasteiger partial charge in [-0.25, -0.2) is 0 Å². The third-order valence-corrected chi connectivity index (χ3v) is 2.79. The van der Waals surface area contributed by atoms with Crippen molar-refractivity contribution in [2.45, 2.75) is 13.3 Å². The summed E-state index contributed by atoms with van der Waals surface area (Å²) in [5.74, 6) is -1.98. The Morgan fingerprint density at radius 1 is 1.43 bits per heavy atom. The second-order valence-electron chi connectivity index (χ2n) is 4.32. The number of hydrogen-bond donors (Lipinski definition) is 1. The molecular weight excluding hydrogens is 281 g/mol. The summed E-state index contributed by atoms with van der Waals surface area (Å²) < 4.78 is 13.5. The van der Waals surface area contributed by atoms with E-state index in [4.69, 9.17) is 0 Å². The first kappa shape index (κ1) is 16.5. The largest absolute Gasteiger partial charge is 0.358 e. The van der Waals surface area contributed by atoms with Crippen molar-refractivity contribution in [2.75, 3.05) is 20.1 Å². The molecule has 7 nitrogen and oxygen atoms in total. The van der Waals surface area contributed by atoms with E-state index in [1.165, 1.54) is 18.0 Å². The summed E-state index contributed by atoms with van der Waals surface area (Å²) in [6, 6.07) is 2.93. The number of nitro benzene ring substituents is 1. The fraction of sp³-hybridized carbons (Fsp3) is 0.385. The van der Waals surface area contributed by atoms with Crippen LogP contribution in [0.1, 0.15) is 23.7 Å². The van der Waals surface area contributed by atoms with Crippen LogP contribution in [0.3, 0.4) is 0 Å². The minimum Gasteiger partial charge on any atom is -0.358 e. The first-order chi connectivity index (χ1) is 9.90. The lowest BCUT2D eigenvalue weighted by Crippen LogP contribution is -2.40. The molecule has 0 unspecified atom stereocenters. The van der Waals surface area contributed by atoms with Gasteiger partial charge in [0, 0.05) is 25.2 Å². The molecule has 0 spiro atoms. The van der Waals surface area contributed by atoms with Crippen LogP contribution in [0.15, 0.2) is 18.2 Å². The van der Waals surface area contributed by atoms with Crippen LogP contribution in [-0.2, 0) is 4.79 Å². The molecule has 0 saturated heterocycles. The van der Waals surface area contributed by atoms with Gasteiger partial charge in [-0.15, -0.1) is 0 Å². The van der Waals surface area contributed by atoms with Crippen molar-refractivity contribution in [2.24, 2.45) is 0 Å². The first-order valence-electron chi connectivity index (χ1n) is 6.34. The second kappa shape index (κ2) is 7.32. The van der Waals surface area contributed by atoms with Crippen molar-refractivity contribution in [3.63, 3.8) is 0 Å². The molecular formula is C13H16FN3O4. The molecule has 1 N–H and O–H groups in total. The lowest BCUT2D eigenvalue weighted by molar-refractivity contribution is -0.387. The Kier molecular flexibility index (Phi) is 5.77. The zero-order valence-electron chi connectivity index (χ0n) is 11.8. The molecule has 0 saturated carbocycles. The van der Waals surface area contributed by atoms with E-state index in [1.54, 1.807) is 0 Å². The SMILES string of the molecule is CCCN(CC(=O)NC)C(=O)c1ccc([N+](=O)[O-])c(F)c1. The molecule has 2 amide bonds. The molecule has 0 bridgehead atoms. The molecule has 1 aromatic rings. The molecule has 0 aliphatic carbocycles. The van der Waals surface area contributed by atoms with E-state index in [2.05, 4.69) is 5.32 Å². The Labute approximate surface area is 120 Å². The van der Waals surface area contributed by atoms with Gasteiger partial charge in [0.25, 0.3) is 5.91 Å². The summed E-state index contributed by atoms with van der Waals surface area (Å²) in [5.41, 5.74) is -0.727. The van der Waals surface area contributed by atoms with E-state index < -0.39 is 22.3 Å². The number of benzene rings is 1. The quantitative estimate of drug-likeness (QED) is 0.633. The predicted molar refractivity (Wildman–Crippen MR) is 73.3 cm³/mol. The number of halogens is 1. The van der Waals surface area contributed by atoms with Crippen LogP contribution >= 0.6 is 0 Å². The zero-order chi connectivity index (χ0) is 16.0. The Balaban J connectivity index is 3.00. The number of hydrogen-bond acceptors (Lipinski definition) is 4. The summed E-state index contributed by atoms with van der Waals surface area (Å²) >= 11 is 0. The maximum atomic E-state index is 13.5. The van der Waals surface area contributed by atoms with Crippen molar-refractivity contribution in [3.8, 4) is 0 Å². The minimum absolute atomic E-state index is 0.0320. The molecule has 0 heterocycles. The van der Waals surface area contributed by atoms with Gasteiger partial charge in [0.1, 0.15) is 0 Å². The number of carbonyl (C=O) groups excluding carboxylic acids is 2. The molecule has 1 rings (SSSR count). The molecule has 0 radical (unpaired) electrons. The molecule has 21 heavy (non-hydrogen) atoms. The third-order valence-electron chi connectivity index (χ3n) is 2.79. The maximum Gasteiger partial charge on any atom is 0.304 e. The van der Waals surface area contributed by atoms with E-state index in [9.17, 15) is 24.1 Å². The average molecular weight is 297 g/mol. The van der Waals surface area contributed by atoms with Crippen LogP contribution in [0.2, 0.25) is 0 Å². The Morgan fingerprint density at radius 2 is 2.10 bits per heavy atom. The number of amides is 2. The highest BCUT2D eigenvalue weighted by molar-refractivity contribution is 5.96. The van der Waals surface area contributed by atoms with Crippen molar-refractivity contribution >= 4 is 17.5 Å². The second-order valence-corrected chi connectivity index (χ2v) is 4.32. The topological polar surface area (TPSA) is 92.6 Å². The molecule has 0 atom stereocenters. The molecule has 0 aliphatic heterocycles. The minimum atomic E-state index is -1.08. The highest BCUT2D eigenvalue weighted by Crippen LogP contribution is 2.19. The molecule has 114 valence electrons. The fourth-order valence-electron chi connectivity index (χ4n) is 1.75. The van der Waals surface area contributed by atoms with E-state index in [1.807, 2.05) is 6.92 Å². The smallest absolute Gasteiger partial charge is 0.304 e. The average Bonchev–Trinajstić information content (AvgIpc) is 2.45. The molecule has 1 aromatic carbocycles. The van der Waals surface area contributed by atoms with Crippen molar-refractivity contribution in [3.05, 3.63) is 39.7 Å². The van der Waals surface area contributed by atoms with Crippen LogP contribution in [0.5, 0.6) is 0 Å². The number of nitrogens with one attached hydrogen (secondary N) is 1. The standard InChI is InChI=1S/C13H16FN3O4/c1-3-6-16(8-12(18)15-2)13(19)9-4-5-11(17(20)21)10(14)7-9/h4-5,7H,3,6,8H2,1-2H3,(H,15,18). The Hall–Kier alpha value is -2.51. The summed E-state index contributed by atoms with van der Waals surface area (Å²) in [5, 5.41) is 12.9. The van der Waals surface area contributed by atoms with E-state index in [-0.39, 0.29) is 18.0 Å². The molecule has 0 aliphatic rings. The predicted octanol–water partition coefficient (Wildman–Crippen LogP) is 1.33. The monoisotopic (exact) mass is 297 g/mol. The van der Waals surface area contributed by atoms with Gasteiger partial charge < -0.3 is 10.2 Å². The van der Waals surface area contributed by atoms with E-state index >= 15 is 0 Å². The van der Waals surface area contributed by atoms with Gasteiger partial charge >= 0.3 is 5.69 Å².